The summed E-state index contributed by atoms with van der Waals surface area (Å²) in [4.78, 5) is 18.2. The molecule has 0 radical (unpaired) electrons. The van der Waals surface area contributed by atoms with E-state index in [0.717, 1.165) is 29.0 Å². The monoisotopic (exact) mass is 410 g/mol. The highest BCUT2D eigenvalue weighted by Gasteiger charge is 2.29. The molecule has 1 amide bonds. The number of anilines is 1. The lowest BCUT2D eigenvalue weighted by atomic mass is 10.0. The van der Waals surface area contributed by atoms with Crippen molar-refractivity contribution in [2.45, 2.75) is 19.5 Å². The van der Waals surface area contributed by atoms with Crippen molar-refractivity contribution in [3.8, 4) is 11.1 Å². The van der Waals surface area contributed by atoms with E-state index in [1.165, 1.54) is 18.2 Å². The first-order valence-corrected chi connectivity index (χ1v) is 9.41. The van der Waals surface area contributed by atoms with E-state index in [4.69, 9.17) is 0 Å². The molecule has 0 fully saturated rings. The second-order valence-corrected chi connectivity index (χ2v) is 6.87. The fourth-order valence-corrected chi connectivity index (χ4v) is 3.05. The van der Waals surface area contributed by atoms with Crippen LogP contribution in [-0.4, -0.2) is 17.4 Å². The lowest BCUT2D eigenvalue weighted by Gasteiger charge is -2.22. The fraction of sp³-hybridized carbons (Fsp3) is 0.167. The molecule has 3 rings (SSSR count). The first kappa shape index (κ1) is 21.3. The van der Waals surface area contributed by atoms with Crippen molar-refractivity contribution in [2.75, 3.05) is 11.4 Å². The zero-order valence-corrected chi connectivity index (χ0v) is 16.5. The van der Waals surface area contributed by atoms with Crippen LogP contribution in [0, 0.1) is 6.92 Å². The highest BCUT2D eigenvalue weighted by atomic mass is 19.4. The average Bonchev–Trinajstić information content (AvgIpc) is 2.75. The Balaban J connectivity index is 1.77. The molecule has 2 aromatic carbocycles. The summed E-state index contributed by atoms with van der Waals surface area (Å²) in [6.07, 6.45) is -0.675. The molecular weight excluding hydrogens is 389 g/mol. The third kappa shape index (κ3) is 5.14. The Kier molecular flexibility index (Phi) is 6.35. The minimum absolute atomic E-state index is 0.225. The largest absolute Gasteiger partial charge is 0.416 e. The zero-order valence-electron chi connectivity index (χ0n) is 16.5. The molecule has 0 unspecified atom stereocenters. The van der Waals surface area contributed by atoms with Crippen molar-refractivity contribution in [2.24, 2.45) is 0 Å². The Labute approximate surface area is 173 Å². The number of halogens is 3. The summed E-state index contributed by atoms with van der Waals surface area (Å²) in [7, 11) is 0. The highest BCUT2D eigenvalue weighted by Crippen LogP contribution is 2.31. The Morgan fingerprint density at radius 1 is 1.00 bits per heavy atom. The van der Waals surface area contributed by atoms with Crippen LogP contribution in [0.25, 0.3) is 11.1 Å². The number of rotatable bonds is 6. The van der Waals surface area contributed by atoms with Crippen LogP contribution in [0.3, 0.4) is 0 Å². The van der Waals surface area contributed by atoms with Crippen molar-refractivity contribution in [1.29, 1.82) is 0 Å². The maximum Gasteiger partial charge on any atom is 0.416 e. The summed E-state index contributed by atoms with van der Waals surface area (Å²) in [6, 6.07) is 16.0. The van der Waals surface area contributed by atoms with E-state index < -0.39 is 11.7 Å². The van der Waals surface area contributed by atoms with Gasteiger partial charge in [-0.25, -0.2) is 0 Å². The molecule has 0 saturated heterocycles. The molecule has 0 aliphatic heterocycles. The number of pyridine rings is 1. The summed E-state index contributed by atoms with van der Waals surface area (Å²) in [5.74, 6) is -0.225. The molecule has 0 bridgehead atoms. The van der Waals surface area contributed by atoms with Crippen LogP contribution in [0.2, 0.25) is 0 Å². The molecule has 0 spiro atoms. The van der Waals surface area contributed by atoms with E-state index in [0.29, 0.717) is 24.2 Å². The third-order valence-electron chi connectivity index (χ3n) is 4.76. The number of alkyl halides is 3. The van der Waals surface area contributed by atoms with Gasteiger partial charge in [-0.15, -0.1) is 0 Å². The third-order valence-corrected chi connectivity index (χ3v) is 4.76. The summed E-state index contributed by atoms with van der Waals surface area (Å²) < 4.78 is 38.2. The van der Waals surface area contributed by atoms with E-state index in [1.807, 2.05) is 19.1 Å². The molecule has 0 aliphatic carbocycles. The van der Waals surface area contributed by atoms with Gasteiger partial charge in [0.1, 0.15) is 0 Å². The number of benzene rings is 2. The second-order valence-electron chi connectivity index (χ2n) is 6.87. The van der Waals surface area contributed by atoms with Gasteiger partial charge in [-0.05, 0) is 66.4 Å². The summed E-state index contributed by atoms with van der Waals surface area (Å²) >= 11 is 0. The molecule has 0 atom stereocenters. The molecule has 6 heteroatoms. The lowest BCUT2D eigenvalue weighted by Crippen LogP contribution is -2.31. The molecular formula is C24H21F3N2O. The number of aromatic nitrogens is 1. The number of carbonyl (C=O) groups excluding carboxylic acids is 1. The maximum atomic E-state index is 12.7. The normalized spacial score (nSPS) is 11.2. The van der Waals surface area contributed by atoms with E-state index in [1.54, 1.807) is 35.4 Å². The van der Waals surface area contributed by atoms with Gasteiger partial charge >= 0.3 is 6.18 Å². The maximum absolute atomic E-state index is 12.7. The molecule has 3 nitrogen and oxygen atoms in total. The minimum atomic E-state index is -4.36. The number of amides is 1. The molecule has 0 aliphatic rings. The van der Waals surface area contributed by atoms with E-state index in [-0.39, 0.29) is 5.91 Å². The van der Waals surface area contributed by atoms with Crippen LogP contribution in [-0.2, 0) is 17.4 Å². The van der Waals surface area contributed by atoms with Gasteiger partial charge in [-0.1, -0.05) is 36.9 Å². The molecule has 1 aromatic heterocycles. The van der Waals surface area contributed by atoms with Gasteiger partial charge in [-0.3, -0.25) is 9.78 Å². The quantitative estimate of drug-likeness (QED) is 0.479. The standard InChI is InChI=1S/C24H21F3N2O/c1-3-23(30)29(15-14-18-5-4-17(2)28-16-18)22-12-8-20(9-13-22)19-6-10-21(11-7-19)24(25,26)27/h3-13,16H,1,14-15H2,2H3. The lowest BCUT2D eigenvalue weighted by molar-refractivity contribution is -0.137. The first-order chi connectivity index (χ1) is 14.3. The van der Waals surface area contributed by atoms with Crippen LogP contribution in [0.15, 0.2) is 79.5 Å². The van der Waals surface area contributed by atoms with E-state index in [9.17, 15) is 18.0 Å². The van der Waals surface area contributed by atoms with Crippen molar-refractivity contribution in [1.82, 2.24) is 4.98 Å². The number of aryl methyl sites for hydroxylation is 1. The van der Waals surface area contributed by atoms with Gasteiger partial charge in [0, 0.05) is 24.1 Å². The van der Waals surface area contributed by atoms with Gasteiger partial charge in [0.2, 0.25) is 5.91 Å². The first-order valence-electron chi connectivity index (χ1n) is 9.41. The number of hydrogen-bond acceptors (Lipinski definition) is 2. The summed E-state index contributed by atoms with van der Waals surface area (Å²) in [6.45, 7) is 5.94. The second kappa shape index (κ2) is 8.95. The van der Waals surface area contributed by atoms with Crippen LogP contribution in [0.1, 0.15) is 16.8 Å². The van der Waals surface area contributed by atoms with E-state index >= 15 is 0 Å². The summed E-state index contributed by atoms with van der Waals surface area (Å²) in [5, 5.41) is 0. The van der Waals surface area contributed by atoms with E-state index in [2.05, 4.69) is 11.6 Å². The van der Waals surface area contributed by atoms with Crippen molar-refractivity contribution < 1.29 is 18.0 Å². The smallest absolute Gasteiger partial charge is 0.309 e. The van der Waals surface area contributed by atoms with Gasteiger partial charge in [0.25, 0.3) is 0 Å². The molecule has 3 aromatic rings. The van der Waals surface area contributed by atoms with Gasteiger partial charge in [0.05, 0.1) is 5.56 Å². The SMILES string of the molecule is C=CC(=O)N(CCc1ccc(C)nc1)c1ccc(-c2ccc(C(F)(F)F)cc2)cc1. The van der Waals surface area contributed by atoms with Gasteiger partial charge in [-0.2, -0.15) is 13.2 Å². The van der Waals surface area contributed by atoms with Crippen LogP contribution >= 0.6 is 0 Å². The van der Waals surface area contributed by atoms with Crippen LogP contribution < -0.4 is 4.90 Å². The minimum Gasteiger partial charge on any atom is -0.309 e. The molecule has 1 heterocycles. The topological polar surface area (TPSA) is 33.2 Å². The Hall–Kier alpha value is -3.41. The molecule has 30 heavy (non-hydrogen) atoms. The average molecular weight is 410 g/mol. The van der Waals surface area contributed by atoms with Crippen LogP contribution in [0.5, 0.6) is 0 Å². The molecule has 0 saturated carbocycles. The molecule has 0 N–H and O–H groups in total. The van der Waals surface area contributed by atoms with Gasteiger partial charge < -0.3 is 4.90 Å². The summed E-state index contributed by atoms with van der Waals surface area (Å²) in [5.41, 5.74) is 3.38. The van der Waals surface area contributed by atoms with Crippen molar-refractivity contribution in [3.63, 3.8) is 0 Å². The highest BCUT2D eigenvalue weighted by molar-refractivity contribution is 6.01. The van der Waals surface area contributed by atoms with Crippen LogP contribution in [0.4, 0.5) is 18.9 Å². The van der Waals surface area contributed by atoms with Gasteiger partial charge in [0.15, 0.2) is 0 Å². The predicted octanol–water partition coefficient (Wildman–Crippen LogP) is 5.84. The Bertz CT molecular complexity index is 1010. The number of carbonyl (C=O) groups is 1. The number of nitrogens with zero attached hydrogens (tertiary/aromatic N) is 2. The Morgan fingerprint density at radius 3 is 2.10 bits per heavy atom. The predicted molar refractivity (Wildman–Crippen MR) is 112 cm³/mol. The number of hydrogen-bond donors (Lipinski definition) is 0. The van der Waals surface area contributed by atoms with Crippen molar-refractivity contribution >= 4 is 11.6 Å². The Morgan fingerprint density at radius 2 is 1.60 bits per heavy atom. The zero-order chi connectivity index (χ0) is 21.7. The molecule has 154 valence electrons. The van der Waals surface area contributed by atoms with Crippen molar-refractivity contribution in [3.05, 3.63) is 96.3 Å². The fourth-order valence-electron chi connectivity index (χ4n) is 3.05.